The molecule has 0 spiro atoms. The van der Waals surface area contributed by atoms with Crippen LogP contribution in [0.4, 0.5) is 5.69 Å². The highest BCUT2D eigenvalue weighted by Crippen LogP contribution is 2.23. The van der Waals surface area contributed by atoms with Gasteiger partial charge in [-0.1, -0.05) is 0 Å². The zero-order valence-electron chi connectivity index (χ0n) is 12.6. The Hall–Kier alpha value is -1.63. The van der Waals surface area contributed by atoms with Gasteiger partial charge in [0.2, 0.25) is 5.91 Å². The van der Waals surface area contributed by atoms with Crippen molar-refractivity contribution in [3.63, 3.8) is 0 Å². The van der Waals surface area contributed by atoms with Gasteiger partial charge in [0, 0.05) is 44.4 Å². The second kappa shape index (κ2) is 9.40. The number of carbonyl (C=O) groups excluding carboxylic acids is 2. The molecular weight excluding hydrogens is 306 g/mol. The van der Waals surface area contributed by atoms with Gasteiger partial charge in [0.25, 0.3) is 5.91 Å². The number of nitrogens with one attached hydrogen (secondary N) is 3. The van der Waals surface area contributed by atoms with Crippen LogP contribution in [-0.4, -0.2) is 45.2 Å². The molecule has 1 aromatic carbocycles. The van der Waals surface area contributed by atoms with Crippen LogP contribution in [0.25, 0.3) is 0 Å². The summed E-state index contributed by atoms with van der Waals surface area (Å²) >= 11 is 0. The Morgan fingerprint density at radius 3 is 2.86 bits per heavy atom. The first-order chi connectivity index (χ1) is 10.2. The lowest BCUT2D eigenvalue weighted by Crippen LogP contribution is -2.33. The fraction of sp³-hybridized carbons (Fsp3) is 0.467. The molecule has 0 saturated carbocycles. The molecule has 7 heteroatoms. The molecule has 0 fully saturated rings. The van der Waals surface area contributed by atoms with Crippen LogP contribution in [0, 0.1) is 0 Å². The minimum absolute atomic E-state index is 0. The molecule has 22 heavy (non-hydrogen) atoms. The first-order valence-corrected chi connectivity index (χ1v) is 7.11. The normalized spacial score (nSPS) is 12.9. The van der Waals surface area contributed by atoms with Crippen LogP contribution in [0.5, 0.6) is 0 Å². The maximum absolute atomic E-state index is 12.0. The van der Waals surface area contributed by atoms with Gasteiger partial charge in [-0.25, -0.2) is 0 Å². The average Bonchev–Trinajstić information content (AvgIpc) is 2.50. The number of benzene rings is 1. The summed E-state index contributed by atoms with van der Waals surface area (Å²) in [6.07, 6.45) is 1.16. The Balaban J connectivity index is 0.00000242. The van der Waals surface area contributed by atoms with Crippen LogP contribution in [0.1, 0.15) is 22.3 Å². The smallest absolute Gasteiger partial charge is 0.251 e. The van der Waals surface area contributed by atoms with Crippen LogP contribution in [0.3, 0.4) is 0 Å². The third-order valence-corrected chi connectivity index (χ3v) is 3.33. The molecule has 2 rings (SSSR count). The summed E-state index contributed by atoms with van der Waals surface area (Å²) in [6, 6.07) is 5.37. The quantitative estimate of drug-likeness (QED) is 0.652. The van der Waals surface area contributed by atoms with E-state index in [1.54, 1.807) is 19.2 Å². The maximum Gasteiger partial charge on any atom is 0.251 e. The van der Waals surface area contributed by atoms with Gasteiger partial charge >= 0.3 is 0 Å². The Morgan fingerprint density at radius 2 is 2.09 bits per heavy atom. The summed E-state index contributed by atoms with van der Waals surface area (Å²) in [6.45, 7) is 2.70. The van der Waals surface area contributed by atoms with Gasteiger partial charge in [-0.3, -0.25) is 9.59 Å². The molecule has 0 unspecified atom stereocenters. The molecule has 0 bridgehead atoms. The van der Waals surface area contributed by atoms with E-state index in [2.05, 4.69) is 16.0 Å². The van der Waals surface area contributed by atoms with Crippen molar-refractivity contribution >= 4 is 29.9 Å². The van der Waals surface area contributed by atoms with Crippen LogP contribution < -0.4 is 16.0 Å². The largest absolute Gasteiger partial charge is 0.383 e. The molecular formula is C15H22ClN3O3. The summed E-state index contributed by atoms with van der Waals surface area (Å²) in [4.78, 5) is 23.3. The van der Waals surface area contributed by atoms with Crippen LogP contribution in [0.2, 0.25) is 0 Å². The summed E-state index contributed by atoms with van der Waals surface area (Å²) in [5, 5.41) is 8.83. The van der Waals surface area contributed by atoms with Gasteiger partial charge in [0.05, 0.1) is 6.61 Å². The highest BCUT2D eigenvalue weighted by Gasteiger charge is 2.16. The van der Waals surface area contributed by atoms with E-state index in [1.165, 1.54) is 0 Å². The number of rotatable bonds is 7. The first-order valence-electron chi connectivity index (χ1n) is 7.11. The molecule has 1 aromatic rings. The molecule has 0 radical (unpaired) electrons. The predicted molar refractivity (Wildman–Crippen MR) is 87.7 cm³/mol. The number of aryl methyl sites for hydroxylation is 1. The zero-order valence-corrected chi connectivity index (χ0v) is 13.4. The monoisotopic (exact) mass is 327 g/mol. The number of anilines is 1. The fourth-order valence-electron chi connectivity index (χ4n) is 2.19. The Morgan fingerprint density at radius 1 is 1.27 bits per heavy atom. The summed E-state index contributed by atoms with van der Waals surface area (Å²) < 4.78 is 4.92. The summed E-state index contributed by atoms with van der Waals surface area (Å²) in [5.41, 5.74) is 2.45. The highest BCUT2D eigenvalue weighted by molar-refractivity contribution is 5.97. The third kappa shape index (κ3) is 5.29. The van der Waals surface area contributed by atoms with Gasteiger partial charge in [-0.05, 0) is 30.2 Å². The average molecular weight is 328 g/mol. The van der Waals surface area contributed by atoms with E-state index >= 15 is 0 Å². The molecule has 122 valence electrons. The molecule has 0 saturated heterocycles. The topological polar surface area (TPSA) is 79.5 Å². The van der Waals surface area contributed by atoms with E-state index in [-0.39, 0.29) is 24.2 Å². The maximum atomic E-state index is 12.0. The van der Waals surface area contributed by atoms with Gasteiger partial charge < -0.3 is 20.7 Å². The predicted octanol–water partition coefficient (Wildman–Crippen LogP) is 0.959. The zero-order chi connectivity index (χ0) is 15.1. The van der Waals surface area contributed by atoms with Gasteiger partial charge in [-0.15, -0.1) is 12.4 Å². The van der Waals surface area contributed by atoms with E-state index in [0.29, 0.717) is 38.1 Å². The number of fused-ring (bicyclic) bond motifs is 1. The van der Waals surface area contributed by atoms with Crippen molar-refractivity contribution in [1.29, 1.82) is 0 Å². The number of amides is 2. The number of methoxy groups -OCH3 is 1. The van der Waals surface area contributed by atoms with Crippen molar-refractivity contribution in [3.05, 3.63) is 29.3 Å². The van der Waals surface area contributed by atoms with Crippen LogP contribution in [-0.2, 0) is 16.0 Å². The van der Waals surface area contributed by atoms with Gasteiger partial charge in [0.1, 0.15) is 0 Å². The number of halogens is 1. The van der Waals surface area contributed by atoms with Crippen molar-refractivity contribution < 1.29 is 14.3 Å². The standard InChI is InChI=1S/C15H21N3O3.ClH/c1-21-9-8-16-6-7-17-15(20)12-2-4-13-11(10-12)3-5-14(19)18-13;/h2,4,10,16H,3,5-9H2,1H3,(H,17,20)(H,18,19);1H. The van der Waals surface area contributed by atoms with Crippen molar-refractivity contribution in [2.45, 2.75) is 12.8 Å². The number of carbonyl (C=O) groups is 2. The highest BCUT2D eigenvalue weighted by atomic mass is 35.5. The molecule has 0 atom stereocenters. The Labute approximate surface area is 136 Å². The first kappa shape index (κ1) is 18.4. The Bertz CT molecular complexity index is 523. The third-order valence-electron chi connectivity index (χ3n) is 3.33. The minimum Gasteiger partial charge on any atom is -0.383 e. The lowest BCUT2D eigenvalue weighted by Gasteiger charge is -2.17. The SMILES string of the molecule is COCCNCCNC(=O)c1ccc2c(c1)CCC(=O)N2.Cl. The molecule has 0 aromatic heterocycles. The van der Waals surface area contributed by atoms with Crippen molar-refractivity contribution in [1.82, 2.24) is 10.6 Å². The van der Waals surface area contributed by atoms with Crippen LogP contribution in [0.15, 0.2) is 18.2 Å². The van der Waals surface area contributed by atoms with E-state index in [4.69, 9.17) is 4.74 Å². The summed E-state index contributed by atoms with van der Waals surface area (Å²) in [5.74, 6) is -0.0647. The summed E-state index contributed by atoms with van der Waals surface area (Å²) in [7, 11) is 1.65. The second-order valence-electron chi connectivity index (χ2n) is 4.92. The minimum atomic E-state index is -0.0942. The van der Waals surface area contributed by atoms with Crippen LogP contribution >= 0.6 is 12.4 Å². The number of ether oxygens (including phenoxy) is 1. The number of hydrogen-bond donors (Lipinski definition) is 3. The molecule has 2 amide bonds. The molecule has 6 nitrogen and oxygen atoms in total. The van der Waals surface area contributed by atoms with Crippen molar-refractivity contribution in [3.8, 4) is 0 Å². The van der Waals surface area contributed by atoms with E-state index in [9.17, 15) is 9.59 Å². The Kier molecular flexibility index (Phi) is 7.87. The van der Waals surface area contributed by atoms with Crippen molar-refractivity contribution in [2.24, 2.45) is 0 Å². The van der Waals surface area contributed by atoms with E-state index in [1.807, 2.05) is 6.07 Å². The molecule has 1 aliphatic heterocycles. The number of hydrogen-bond acceptors (Lipinski definition) is 4. The fourth-order valence-corrected chi connectivity index (χ4v) is 2.19. The molecule has 3 N–H and O–H groups in total. The molecule has 0 aliphatic carbocycles. The van der Waals surface area contributed by atoms with Gasteiger partial charge in [0.15, 0.2) is 0 Å². The molecule has 1 heterocycles. The van der Waals surface area contributed by atoms with Gasteiger partial charge in [-0.2, -0.15) is 0 Å². The lowest BCUT2D eigenvalue weighted by atomic mass is 10.00. The van der Waals surface area contributed by atoms with Crippen molar-refractivity contribution in [2.75, 3.05) is 38.7 Å². The lowest BCUT2D eigenvalue weighted by molar-refractivity contribution is -0.116. The molecule has 1 aliphatic rings. The van der Waals surface area contributed by atoms with E-state index < -0.39 is 0 Å². The van der Waals surface area contributed by atoms with E-state index in [0.717, 1.165) is 17.8 Å². The second-order valence-corrected chi connectivity index (χ2v) is 4.92.